The van der Waals surface area contributed by atoms with Crippen molar-refractivity contribution in [1.82, 2.24) is 9.78 Å². The predicted octanol–water partition coefficient (Wildman–Crippen LogP) is 5.72. The number of carbonyl (C=O) groups excluding carboxylic acids is 1. The number of hydrogen-bond donors (Lipinski definition) is 1. The van der Waals surface area contributed by atoms with Crippen LogP contribution >= 0.6 is 0 Å². The lowest BCUT2D eigenvalue weighted by Gasteiger charge is -2.23. The zero-order valence-electron chi connectivity index (χ0n) is 20.0. The van der Waals surface area contributed by atoms with Crippen LogP contribution in [0.1, 0.15) is 29.9 Å². The van der Waals surface area contributed by atoms with Crippen molar-refractivity contribution >= 4 is 32.9 Å². The number of aromatic hydroxyl groups is 1. The minimum Gasteiger partial charge on any atom is -0.492 e. The third-order valence-corrected chi connectivity index (χ3v) is 7.46. The summed E-state index contributed by atoms with van der Waals surface area (Å²) in [5.41, 5.74) is 2.79. The van der Waals surface area contributed by atoms with Crippen molar-refractivity contribution in [2.24, 2.45) is 10.2 Å². The van der Waals surface area contributed by atoms with Crippen LogP contribution in [0.3, 0.4) is 0 Å². The molecule has 4 rings (SSSR count). The third kappa shape index (κ3) is 4.89. The summed E-state index contributed by atoms with van der Waals surface area (Å²) >= 11 is 0. The number of aromatic nitrogens is 2. The highest BCUT2D eigenvalue weighted by atomic mass is 32.2. The third-order valence-electron chi connectivity index (χ3n) is 5.55. The highest BCUT2D eigenvalue weighted by Crippen LogP contribution is 2.34. The molecule has 0 atom stereocenters. The molecule has 36 heavy (non-hydrogen) atoms. The molecule has 0 aliphatic rings. The lowest BCUT2D eigenvalue weighted by molar-refractivity contribution is 0.101. The Hall–Kier alpha value is -4.31. The number of rotatable bonds is 8. The summed E-state index contributed by atoms with van der Waals surface area (Å²) in [6, 6.07) is 21.6. The van der Waals surface area contributed by atoms with Crippen molar-refractivity contribution in [3.63, 3.8) is 0 Å². The minimum atomic E-state index is -3.84. The van der Waals surface area contributed by atoms with Gasteiger partial charge in [-0.05, 0) is 81.4 Å². The van der Waals surface area contributed by atoms with E-state index < -0.39 is 10.0 Å². The Balaban J connectivity index is 1.56. The number of hydrogen-bond acceptors (Lipinski definition) is 7. The summed E-state index contributed by atoms with van der Waals surface area (Å²) < 4.78 is 29.2. The van der Waals surface area contributed by atoms with E-state index in [-0.39, 0.29) is 28.8 Å². The first-order valence-electron chi connectivity index (χ1n) is 11.2. The summed E-state index contributed by atoms with van der Waals surface area (Å²) in [5, 5.41) is 23.2. The van der Waals surface area contributed by atoms with E-state index in [0.29, 0.717) is 28.3 Å². The standard InChI is InChI=1S/C26H25N5O4S/c1-4-30(22-14-10-20(11-15-22)19(3)32)36(34,35)24-16-12-21(13-17-24)27-28-25-18(2)29-31(26(25)33)23-8-6-5-7-9-23/h5-17,33H,4H2,1-3H3/b28-27+. The summed E-state index contributed by atoms with van der Waals surface area (Å²) in [6.45, 7) is 5.13. The summed E-state index contributed by atoms with van der Waals surface area (Å²) in [7, 11) is -3.84. The van der Waals surface area contributed by atoms with Crippen molar-refractivity contribution in [2.75, 3.05) is 10.8 Å². The van der Waals surface area contributed by atoms with Crippen molar-refractivity contribution in [1.29, 1.82) is 0 Å². The molecule has 10 heteroatoms. The van der Waals surface area contributed by atoms with Gasteiger partial charge in [-0.1, -0.05) is 18.2 Å². The summed E-state index contributed by atoms with van der Waals surface area (Å²) in [5.74, 6) is -0.232. The highest BCUT2D eigenvalue weighted by molar-refractivity contribution is 7.92. The molecule has 0 saturated heterocycles. The zero-order valence-corrected chi connectivity index (χ0v) is 20.8. The van der Waals surface area contributed by atoms with Crippen LogP contribution in [0.2, 0.25) is 0 Å². The molecule has 184 valence electrons. The van der Waals surface area contributed by atoms with Gasteiger partial charge in [-0.25, -0.2) is 8.42 Å². The monoisotopic (exact) mass is 503 g/mol. The van der Waals surface area contributed by atoms with Crippen molar-refractivity contribution in [3.05, 3.63) is 90.1 Å². The van der Waals surface area contributed by atoms with Crippen LogP contribution in [0, 0.1) is 6.92 Å². The van der Waals surface area contributed by atoms with Gasteiger partial charge in [-0.2, -0.15) is 14.9 Å². The molecule has 9 nitrogen and oxygen atoms in total. The minimum absolute atomic E-state index is 0.0897. The second-order valence-corrected chi connectivity index (χ2v) is 9.83. The van der Waals surface area contributed by atoms with E-state index in [1.165, 1.54) is 40.2 Å². The SMILES string of the molecule is CCN(c1ccc(C(C)=O)cc1)S(=O)(=O)c1ccc(/N=N/c2c(C)nn(-c3ccccc3)c2O)cc1. The van der Waals surface area contributed by atoms with Gasteiger partial charge < -0.3 is 5.11 Å². The van der Waals surface area contributed by atoms with Crippen molar-refractivity contribution in [2.45, 2.75) is 25.7 Å². The zero-order chi connectivity index (χ0) is 25.9. The predicted molar refractivity (Wildman–Crippen MR) is 137 cm³/mol. The first kappa shape index (κ1) is 24.8. The highest BCUT2D eigenvalue weighted by Gasteiger charge is 2.24. The van der Waals surface area contributed by atoms with Crippen LogP contribution in [0.4, 0.5) is 17.1 Å². The Kier molecular flexibility index (Phi) is 6.98. The van der Waals surface area contributed by atoms with Gasteiger partial charge in [-0.15, -0.1) is 5.11 Å². The lowest BCUT2D eigenvalue weighted by Crippen LogP contribution is -2.30. The maximum Gasteiger partial charge on any atom is 0.264 e. The van der Waals surface area contributed by atoms with Crippen LogP contribution in [-0.4, -0.2) is 35.6 Å². The number of aryl methyl sites for hydroxylation is 1. The Bertz CT molecular complexity index is 1510. The molecule has 0 unspecified atom stereocenters. The largest absolute Gasteiger partial charge is 0.492 e. The molecular formula is C26H25N5O4S. The van der Waals surface area contributed by atoms with Gasteiger partial charge in [0.2, 0.25) is 5.88 Å². The average molecular weight is 504 g/mol. The van der Waals surface area contributed by atoms with Crippen LogP contribution in [0.25, 0.3) is 5.69 Å². The molecule has 0 fully saturated rings. The molecule has 0 bridgehead atoms. The number of sulfonamides is 1. The molecule has 0 spiro atoms. The van der Waals surface area contributed by atoms with Gasteiger partial charge in [0.25, 0.3) is 10.0 Å². The molecule has 0 aliphatic carbocycles. The molecular weight excluding hydrogens is 478 g/mol. The van der Waals surface area contributed by atoms with Gasteiger partial charge in [0, 0.05) is 12.1 Å². The Morgan fingerprint density at radius 1 is 0.972 bits per heavy atom. The molecule has 0 radical (unpaired) electrons. The van der Waals surface area contributed by atoms with E-state index >= 15 is 0 Å². The Morgan fingerprint density at radius 2 is 1.61 bits per heavy atom. The number of nitrogens with zero attached hydrogens (tertiary/aromatic N) is 5. The Labute approximate surface area is 209 Å². The summed E-state index contributed by atoms with van der Waals surface area (Å²) in [6.07, 6.45) is 0. The van der Waals surface area contributed by atoms with E-state index in [9.17, 15) is 18.3 Å². The topological polar surface area (TPSA) is 117 Å². The van der Waals surface area contributed by atoms with E-state index in [1.54, 1.807) is 38.1 Å². The van der Waals surface area contributed by atoms with E-state index in [4.69, 9.17) is 0 Å². The van der Waals surface area contributed by atoms with E-state index in [2.05, 4.69) is 15.3 Å². The average Bonchev–Trinajstić information content (AvgIpc) is 3.17. The van der Waals surface area contributed by atoms with Gasteiger partial charge in [-0.3, -0.25) is 9.10 Å². The molecule has 0 aliphatic heterocycles. The number of Topliss-reactive ketones (excluding diaryl/α,β-unsaturated/α-hetero) is 1. The van der Waals surface area contributed by atoms with Crippen LogP contribution in [0.5, 0.6) is 5.88 Å². The first-order chi connectivity index (χ1) is 17.2. The normalized spacial score (nSPS) is 11.6. The molecule has 1 N–H and O–H groups in total. The Morgan fingerprint density at radius 3 is 2.19 bits per heavy atom. The quantitative estimate of drug-likeness (QED) is 0.244. The van der Waals surface area contributed by atoms with Gasteiger partial charge in [0.15, 0.2) is 11.5 Å². The van der Waals surface area contributed by atoms with Crippen molar-refractivity contribution < 1.29 is 18.3 Å². The van der Waals surface area contributed by atoms with Crippen molar-refractivity contribution in [3.8, 4) is 11.6 Å². The number of carbonyl (C=O) groups is 1. The number of benzene rings is 3. The number of azo groups is 1. The number of ketones is 1. The summed E-state index contributed by atoms with van der Waals surface area (Å²) in [4.78, 5) is 11.6. The van der Waals surface area contributed by atoms with Gasteiger partial charge in [0.05, 0.1) is 27.7 Å². The smallest absolute Gasteiger partial charge is 0.264 e. The second kappa shape index (κ2) is 10.1. The molecule has 4 aromatic rings. The molecule has 1 aromatic heterocycles. The molecule has 0 saturated carbocycles. The lowest BCUT2D eigenvalue weighted by atomic mass is 10.1. The maximum absolute atomic E-state index is 13.3. The molecule has 0 amide bonds. The number of para-hydroxylation sites is 1. The number of anilines is 1. The van der Waals surface area contributed by atoms with E-state index in [1.807, 2.05) is 30.3 Å². The second-order valence-electron chi connectivity index (χ2n) is 7.97. The van der Waals surface area contributed by atoms with Gasteiger partial charge >= 0.3 is 0 Å². The maximum atomic E-state index is 13.3. The first-order valence-corrected chi connectivity index (χ1v) is 12.7. The van der Waals surface area contributed by atoms with Gasteiger partial charge in [0.1, 0.15) is 0 Å². The van der Waals surface area contributed by atoms with Crippen LogP contribution in [0.15, 0.2) is 94.0 Å². The van der Waals surface area contributed by atoms with Crippen LogP contribution in [-0.2, 0) is 10.0 Å². The molecule has 3 aromatic carbocycles. The van der Waals surface area contributed by atoms with Crippen LogP contribution < -0.4 is 4.31 Å². The molecule has 1 heterocycles. The fourth-order valence-electron chi connectivity index (χ4n) is 3.65. The fraction of sp³-hybridized carbons (Fsp3) is 0.154. The fourth-order valence-corrected chi connectivity index (χ4v) is 5.12. The van der Waals surface area contributed by atoms with E-state index in [0.717, 1.165) is 0 Å².